The highest BCUT2D eigenvalue weighted by Crippen LogP contribution is 2.17. The van der Waals surface area contributed by atoms with Crippen LogP contribution < -0.4 is 0 Å². The van der Waals surface area contributed by atoms with Crippen molar-refractivity contribution in [1.29, 1.82) is 0 Å². The van der Waals surface area contributed by atoms with E-state index in [2.05, 4.69) is 50.2 Å². The number of ether oxygens (including phenoxy) is 9. The Bertz CT molecular complexity index is 1030. The topological polar surface area (TPSA) is 105 Å². The Morgan fingerprint density at radius 3 is 1.31 bits per heavy atom. The molecule has 0 aliphatic rings. The summed E-state index contributed by atoms with van der Waals surface area (Å²) in [6, 6.07) is 14.5. The molecule has 0 amide bonds. The predicted octanol–water partition coefficient (Wildman–Crippen LogP) is 5.56. The first-order valence-electron chi connectivity index (χ1n) is 17.4. The zero-order chi connectivity index (χ0) is 34.2. The number of rotatable bonds is 33. The summed E-state index contributed by atoms with van der Waals surface area (Å²) in [5.74, 6) is 0. The van der Waals surface area contributed by atoms with Gasteiger partial charge in [0.05, 0.1) is 112 Å². The van der Waals surface area contributed by atoms with E-state index in [1.807, 2.05) is 18.2 Å². The molecule has 0 aliphatic heterocycles. The fourth-order valence-corrected chi connectivity index (χ4v) is 4.05. The SMILES string of the molecule is CC(C)(C)CCOCCOCCOCCOCCOCCOCCOCCOCCOCCCCO/N=C/c1ccc2ccccc2c1. The van der Waals surface area contributed by atoms with Gasteiger partial charge in [0.15, 0.2) is 0 Å². The summed E-state index contributed by atoms with van der Waals surface area (Å²) in [5.41, 5.74) is 1.33. The summed E-state index contributed by atoms with van der Waals surface area (Å²) in [6.07, 6.45) is 4.59. The second kappa shape index (κ2) is 29.7. The highest BCUT2D eigenvalue weighted by molar-refractivity contribution is 5.90. The lowest BCUT2D eigenvalue weighted by Crippen LogP contribution is -2.15. The molecule has 48 heavy (non-hydrogen) atoms. The number of hydrogen-bond donors (Lipinski definition) is 0. The van der Waals surface area contributed by atoms with Crippen LogP contribution in [0.5, 0.6) is 0 Å². The van der Waals surface area contributed by atoms with Gasteiger partial charge < -0.3 is 47.5 Å². The standard InChI is InChI=1S/C37H61NO10/c1-37(2,3)12-15-40-17-19-42-21-23-44-25-27-46-29-31-47-30-28-45-26-24-43-22-20-41-18-16-39-13-6-7-14-48-38-33-34-10-11-35-8-4-5-9-36(35)32-34/h4-5,8-11,32-33H,6-7,12-31H2,1-3H3/b38-33+. The summed E-state index contributed by atoms with van der Waals surface area (Å²) in [7, 11) is 0. The molecule has 11 heteroatoms. The lowest BCUT2D eigenvalue weighted by molar-refractivity contribution is -0.0254. The zero-order valence-corrected chi connectivity index (χ0v) is 29.7. The number of oxime groups is 1. The van der Waals surface area contributed by atoms with Crippen molar-refractivity contribution in [2.45, 2.75) is 40.0 Å². The van der Waals surface area contributed by atoms with Crippen molar-refractivity contribution in [2.24, 2.45) is 10.6 Å². The van der Waals surface area contributed by atoms with Gasteiger partial charge in [-0.3, -0.25) is 0 Å². The third-order valence-corrected chi connectivity index (χ3v) is 6.80. The lowest BCUT2D eigenvalue weighted by atomic mass is 9.93. The summed E-state index contributed by atoms with van der Waals surface area (Å²) in [6.45, 7) is 17.3. The summed E-state index contributed by atoms with van der Waals surface area (Å²) in [4.78, 5) is 5.36. The molecule has 274 valence electrons. The van der Waals surface area contributed by atoms with Gasteiger partial charge in [-0.1, -0.05) is 62.3 Å². The van der Waals surface area contributed by atoms with Crippen LogP contribution in [0.3, 0.4) is 0 Å². The smallest absolute Gasteiger partial charge is 0.117 e. The highest BCUT2D eigenvalue weighted by Gasteiger charge is 2.09. The van der Waals surface area contributed by atoms with E-state index in [9.17, 15) is 0 Å². The van der Waals surface area contributed by atoms with Crippen molar-refractivity contribution < 1.29 is 47.5 Å². The van der Waals surface area contributed by atoms with Gasteiger partial charge >= 0.3 is 0 Å². The van der Waals surface area contributed by atoms with Crippen LogP contribution >= 0.6 is 0 Å². The molecule has 0 aliphatic carbocycles. The maximum absolute atomic E-state index is 5.60. The Morgan fingerprint density at radius 1 is 0.458 bits per heavy atom. The predicted molar refractivity (Wildman–Crippen MR) is 188 cm³/mol. The molecule has 0 spiro atoms. The van der Waals surface area contributed by atoms with E-state index < -0.39 is 0 Å². The maximum Gasteiger partial charge on any atom is 0.117 e. The van der Waals surface area contributed by atoms with Gasteiger partial charge in [-0.25, -0.2) is 0 Å². The fourth-order valence-electron chi connectivity index (χ4n) is 4.05. The second-order valence-electron chi connectivity index (χ2n) is 12.2. The first-order valence-corrected chi connectivity index (χ1v) is 17.4. The molecule has 0 unspecified atom stereocenters. The Hall–Kier alpha value is -2.19. The third-order valence-electron chi connectivity index (χ3n) is 6.80. The van der Waals surface area contributed by atoms with Crippen LogP contribution in [-0.2, 0) is 47.5 Å². The van der Waals surface area contributed by atoms with E-state index in [0.29, 0.717) is 124 Å². The molecule has 2 aromatic carbocycles. The largest absolute Gasteiger partial charge is 0.396 e. The van der Waals surface area contributed by atoms with Gasteiger partial charge in [-0.2, -0.15) is 0 Å². The number of fused-ring (bicyclic) bond motifs is 1. The highest BCUT2D eigenvalue weighted by atomic mass is 16.6. The van der Waals surface area contributed by atoms with E-state index in [1.54, 1.807) is 6.21 Å². The van der Waals surface area contributed by atoms with Gasteiger partial charge in [0.25, 0.3) is 0 Å². The minimum Gasteiger partial charge on any atom is -0.396 e. The van der Waals surface area contributed by atoms with Gasteiger partial charge in [0.2, 0.25) is 0 Å². The van der Waals surface area contributed by atoms with E-state index in [-0.39, 0.29) is 0 Å². The van der Waals surface area contributed by atoms with Gasteiger partial charge in [-0.15, -0.1) is 0 Å². The minimum atomic E-state index is 0.305. The maximum atomic E-state index is 5.60. The van der Waals surface area contributed by atoms with E-state index >= 15 is 0 Å². The quantitative estimate of drug-likeness (QED) is 0.0542. The molecule has 0 fully saturated rings. The molecular weight excluding hydrogens is 618 g/mol. The van der Waals surface area contributed by atoms with Gasteiger partial charge in [-0.05, 0) is 47.1 Å². The summed E-state index contributed by atoms with van der Waals surface area (Å²) < 4.78 is 49.7. The van der Waals surface area contributed by atoms with Crippen LogP contribution in [0.25, 0.3) is 10.8 Å². The van der Waals surface area contributed by atoms with Crippen LogP contribution in [0, 0.1) is 5.41 Å². The molecule has 0 bridgehead atoms. The van der Waals surface area contributed by atoms with E-state index in [0.717, 1.165) is 31.4 Å². The molecule has 11 nitrogen and oxygen atoms in total. The summed E-state index contributed by atoms with van der Waals surface area (Å²) >= 11 is 0. The Balaban J connectivity index is 1.18. The van der Waals surface area contributed by atoms with Gasteiger partial charge in [0, 0.05) is 13.2 Å². The molecule has 0 saturated carbocycles. The normalized spacial score (nSPS) is 12.1. The van der Waals surface area contributed by atoms with Crippen LogP contribution in [0.1, 0.15) is 45.6 Å². The third kappa shape index (κ3) is 25.8. The monoisotopic (exact) mass is 679 g/mol. The Kier molecular flexibility index (Phi) is 26.0. The minimum absolute atomic E-state index is 0.305. The Morgan fingerprint density at radius 2 is 0.854 bits per heavy atom. The van der Waals surface area contributed by atoms with Gasteiger partial charge in [0.1, 0.15) is 6.61 Å². The molecule has 0 N–H and O–H groups in total. The van der Waals surface area contributed by atoms with E-state index in [1.165, 1.54) is 10.8 Å². The van der Waals surface area contributed by atoms with Crippen LogP contribution in [0.2, 0.25) is 0 Å². The number of unbranched alkanes of at least 4 members (excludes halogenated alkanes) is 1. The molecule has 0 aromatic heterocycles. The molecule has 0 radical (unpaired) electrons. The summed E-state index contributed by atoms with van der Waals surface area (Å²) in [5, 5.41) is 6.47. The average molecular weight is 680 g/mol. The Labute approximate surface area is 288 Å². The van der Waals surface area contributed by atoms with Crippen LogP contribution in [-0.4, -0.2) is 132 Å². The number of benzene rings is 2. The first-order chi connectivity index (χ1) is 23.5. The van der Waals surface area contributed by atoms with Crippen molar-refractivity contribution in [1.82, 2.24) is 0 Å². The lowest BCUT2D eigenvalue weighted by Gasteiger charge is -2.17. The van der Waals surface area contributed by atoms with Crippen molar-refractivity contribution in [3.8, 4) is 0 Å². The molecular formula is C37H61NO10. The van der Waals surface area contributed by atoms with E-state index in [4.69, 9.17) is 47.5 Å². The van der Waals surface area contributed by atoms with Crippen molar-refractivity contribution in [3.05, 3.63) is 48.0 Å². The van der Waals surface area contributed by atoms with Crippen molar-refractivity contribution >= 4 is 17.0 Å². The average Bonchev–Trinajstić information content (AvgIpc) is 3.08. The second-order valence-corrected chi connectivity index (χ2v) is 12.2. The van der Waals surface area contributed by atoms with Crippen LogP contribution in [0.15, 0.2) is 47.6 Å². The molecule has 0 saturated heterocycles. The zero-order valence-electron chi connectivity index (χ0n) is 29.7. The fraction of sp³-hybridized carbons (Fsp3) is 0.703. The van der Waals surface area contributed by atoms with Crippen molar-refractivity contribution in [2.75, 3.05) is 126 Å². The number of nitrogens with zero attached hydrogens (tertiary/aromatic N) is 1. The molecule has 0 atom stereocenters. The molecule has 2 rings (SSSR count). The van der Waals surface area contributed by atoms with Crippen molar-refractivity contribution in [3.63, 3.8) is 0 Å². The van der Waals surface area contributed by atoms with Crippen LogP contribution in [0.4, 0.5) is 0 Å². The molecule has 2 aromatic rings. The number of hydrogen-bond acceptors (Lipinski definition) is 11. The molecule has 0 heterocycles. The first kappa shape index (κ1) is 42.0.